The lowest BCUT2D eigenvalue weighted by atomic mass is 10.0. The van der Waals surface area contributed by atoms with E-state index in [2.05, 4.69) is 127 Å². The molecule has 0 spiro atoms. The minimum atomic E-state index is -0.0230. The van der Waals surface area contributed by atoms with E-state index in [0.717, 1.165) is 55.1 Å². The van der Waals surface area contributed by atoms with Gasteiger partial charge in [0.1, 0.15) is 0 Å². The second-order valence-electron chi connectivity index (χ2n) is 9.16. The Morgan fingerprint density at radius 3 is 2.44 bits per heavy atom. The van der Waals surface area contributed by atoms with E-state index < -0.39 is 0 Å². The van der Waals surface area contributed by atoms with Crippen LogP contribution in [0.1, 0.15) is 23.0 Å². The van der Waals surface area contributed by atoms with Gasteiger partial charge in [0.15, 0.2) is 5.82 Å². The molecule has 36 heavy (non-hydrogen) atoms. The van der Waals surface area contributed by atoms with Gasteiger partial charge in [-0.2, -0.15) is 4.68 Å². The summed E-state index contributed by atoms with van der Waals surface area (Å²) in [5.41, 5.74) is 4.51. The number of nitrogens with zero attached hydrogens (tertiary/aromatic N) is 6. The first-order valence-electron chi connectivity index (χ1n) is 12.4. The van der Waals surface area contributed by atoms with Crippen molar-refractivity contribution >= 4 is 17.0 Å². The van der Waals surface area contributed by atoms with Crippen molar-refractivity contribution in [3.05, 3.63) is 114 Å². The molecule has 0 aliphatic carbocycles. The van der Waals surface area contributed by atoms with Gasteiger partial charge in [-0.15, -0.1) is 5.10 Å². The van der Waals surface area contributed by atoms with Crippen LogP contribution in [0, 0.1) is 0 Å². The van der Waals surface area contributed by atoms with E-state index in [-0.39, 0.29) is 6.04 Å². The van der Waals surface area contributed by atoms with Crippen LogP contribution in [0.15, 0.2) is 97.2 Å². The summed E-state index contributed by atoms with van der Waals surface area (Å²) < 4.78 is 1.89. The number of rotatable bonds is 7. The molecule has 3 heterocycles. The third-order valence-corrected chi connectivity index (χ3v) is 6.88. The molecular weight excluding hydrogens is 446 g/mol. The van der Waals surface area contributed by atoms with E-state index >= 15 is 0 Å². The molecule has 7 nitrogen and oxygen atoms in total. The number of aromatic nitrogens is 5. The molecule has 0 unspecified atom stereocenters. The van der Waals surface area contributed by atoms with Crippen molar-refractivity contribution in [3.63, 3.8) is 0 Å². The van der Waals surface area contributed by atoms with E-state index in [9.17, 15) is 0 Å². The Bertz CT molecular complexity index is 1430. The molecule has 1 saturated heterocycles. The van der Waals surface area contributed by atoms with Crippen molar-refractivity contribution in [1.29, 1.82) is 0 Å². The highest BCUT2D eigenvalue weighted by Gasteiger charge is 2.30. The Kier molecular flexibility index (Phi) is 6.39. The number of fused-ring (bicyclic) bond motifs is 1. The van der Waals surface area contributed by atoms with Crippen molar-refractivity contribution in [1.82, 2.24) is 35.0 Å². The van der Waals surface area contributed by atoms with Crippen LogP contribution in [0.4, 0.5) is 0 Å². The Labute approximate surface area is 210 Å². The number of H-pyrrole nitrogens is 1. The average Bonchev–Trinajstić information content (AvgIpc) is 3.60. The van der Waals surface area contributed by atoms with E-state index in [4.69, 9.17) is 0 Å². The van der Waals surface area contributed by atoms with Crippen LogP contribution < -0.4 is 0 Å². The lowest BCUT2D eigenvalue weighted by molar-refractivity contribution is 0.113. The van der Waals surface area contributed by atoms with Crippen LogP contribution in [0.2, 0.25) is 0 Å². The average molecular weight is 476 g/mol. The molecule has 2 aromatic heterocycles. The summed E-state index contributed by atoms with van der Waals surface area (Å²) in [5, 5.41) is 14.2. The molecule has 1 atom stereocenters. The summed E-state index contributed by atoms with van der Waals surface area (Å²) in [4.78, 5) is 8.26. The van der Waals surface area contributed by atoms with Crippen molar-refractivity contribution in [2.24, 2.45) is 0 Å². The first-order valence-corrected chi connectivity index (χ1v) is 12.4. The predicted octanol–water partition coefficient (Wildman–Crippen LogP) is 4.56. The van der Waals surface area contributed by atoms with Crippen molar-refractivity contribution in [3.8, 4) is 5.69 Å². The normalized spacial score (nSPS) is 16.1. The third kappa shape index (κ3) is 4.71. The number of nitrogens with one attached hydrogen (secondary N) is 1. The highest BCUT2D eigenvalue weighted by Crippen LogP contribution is 2.30. The molecule has 1 aliphatic rings. The SMILES string of the molecule is C(=Cc1ccccc1)CN1CCN([C@@H](c2ccccc2)c2nnnn2-c2ccc3[nH]ccc3c2)CC1. The standard InChI is InChI=1S/C29H29N7/c1-3-8-23(9-4-1)10-7-17-34-18-20-35(21-19-34)28(24-11-5-2-6-12-24)29-31-32-33-36(29)26-13-14-27-25(22-26)15-16-30-27/h1-16,22,28,30H,17-21H2/t28-/m0/s1. The highest BCUT2D eigenvalue weighted by molar-refractivity contribution is 5.81. The molecule has 3 aromatic carbocycles. The van der Waals surface area contributed by atoms with Crippen molar-refractivity contribution in [2.45, 2.75) is 6.04 Å². The second kappa shape index (κ2) is 10.3. The molecule has 0 saturated carbocycles. The van der Waals surface area contributed by atoms with Gasteiger partial charge in [0.05, 0.1) is 11.7 Å². The fourth-order valence-electron chi connectivity index (χ4n) is 4.99. The van der Waals surface area contributed by atoms with Crippen LogP contribution in [-0.2, 0) is 0 Å². The van der Waals surface area contributed by atoms with Gasteiger partial charge >= 0.3 is 0 Å². The van der Waals surface area contributed by atoms with Crippen LogP contribution in [0.3, 0.4) is 0 Å². The molecule has 1 fully saturated rings. The van der Waals surface area contributed by atoms with Gasteiger partial charge in [-0.1, -0.05) is 72.8 Å². The van der Waals surface area contributed by atoms with Gasteiger partial charge in [0.2, 0.25) is 0 Å². The Hall–Kier alpha value is -4.07. The van der Waals surface area contributed by atoms with Crippen LogP contribution in [0.25, 0.3) is 22.7 Å². The van der Waals surface area contributed by atoms with E-state index in [0.29, 0.717) is 0 Å². The minimum Gasteiger partial charge on any atom is -0.361 e. The zero-order valence-corrected chi connectivity index (χ0v) is 20.1. The largest absolute Gasteiger partial charge is 0.361 e. The molecule has 0 radical (unpaired) electrons. The molecule has 7 heteroatoms. The predicted molar refractivity (Wildman–Crippen MR) is 143 cm³/mol. The number of aromatic amines is 1. The van der Waals surface area contributed by atoms with Crippen LogP contribution in [-0.4, -0.2) is 67.7 Å². The zero-order valence-electron chi connectivity index (χ0n) is 20.1. The second-order valence-corrected chi connectivity index (χ2v) is 9.16. The fraction of sp³-hybridized carbons (Fsp3) is 0.207. The fourth-order valence-corrected chi connectivity index (χ4v) is 4.99. The lowest BCUT2D eigenvalue weighted by Crippen LogP contribution is -2.48. The quantitative estimate of drug-likeness (QED) is 0.374. The maximum absolute atomic E-state index is 4.54. The van der Waals surface area contributed by atoms with E-state index in [1.54, 1.807) is 0 Å². The van der Waals surface area contributed by atoms with Crippen molar-refractivity contribution in [2.75, 3.05) is 32.7 Å². The van der Waals surface area contributed by atoms with E-state index in [1.165, 1.54) is 11.1 Å². The molecule has 1 N–H and O–H groups in total. The summed E-state index contributed by atoms with van der Waals surface area (Å²) in [7, 11) is 0. The zero-order chi connectivity index (χ0) is 24.2. The lowest BCUT2D eigenvalue weighted by Gasteiger charge is -2.38. The van der Waals surface area contributed by atoms with Gasteiger partial charge < -0.3 is 4.98 Å². The van der Waals surface area contributed by atoms with Gasteiger partial charge in [0, 0.05) is 49.8 Å². The summed E-state index contributed by atoms with van der Waals surface area (Å²) in [6.07, 6.45) is 6.42. The molecule has 5 aromatic rings. The first-order chi connectivity index (χ1) is 17.8. The number of piperazine rings is 1. The smallest absolute Gasteiger partial charge is 0.178 e. The van der Waals surface area contributed by atoms with Gasteiger partial charge in [-0.05, 0) is 45.8 Å². The maximum Gasteiger partial charge on any atom is 0.178 e. The summed E-state index contributed by atoms with van der Waals surface area (Å²) in [6, 6.07) is 29.4. The molecule has 180 valence electrons. The van der Waals surface area contributed by atoms with E-state index in [1.807, 2.05) is 10.9 Å². The maximum atomic E-state index is 4.54. The number of hydrogen-bond donors (Lipinski definition) is 1. The van der Waals surface area contributed by atoms with Crippen molar-refractivity contribution < 1.29 is 0 Å². The summed E-state index contributed by atoms with van der Waals surface area (Å²) in [5.74, 6) is 0.841. The number of hydrogen-bond acceptors (Lipinski definition) is 5. The topological polar surface area (TPSA) is 65.9 Å². The summed E-state index contributed by atoms with van der Waals surface area (Å²) >= 11 is 0. The molecular formula is C29H29N7. The number of benzene rings is 3. The Morgan fingerprint density at radius 1 is 0.861 bits per heavy atom. The molecule has 1 aliphatic heterocycles. The third-order valence-electron chi connectivity index (χ3n) is 6.88. The highest BCUT2D eigenvalue weighted by atomic mass is 15.6. The van der Waals surface area contributed by atoms with Gasteiger partial charge in [-0.25, -0.2) is 0 Å². The Balaban J connectivity index is 1.23. The summed E-state index contributed by atoms with van der Waals surface area (Å²) in [6.45, 7) is 4.84. The number of tetrazole rings is 1. The van der Waals surface area contributed by atoms with Crippen LogP contribution >= 0.6 is 0 Å². The monoisotopic (exact) mass is 475 g/mol. The first kappa shape index (κ1) is 22.4. The Morgan fingerprint density at radius 2 is 1.64 bits per heavy atom. The minimum absolute atomic E-state index is 0.0230. The molecule has 6 rings (SSSR count). The molecule has 0 bridgehead atoms. The van der Waals surface area contributed by atoms with Crippen LogP contribution in [0.5, 0.6) is 0 Å². The molecule has 0 amide bonds. The van der Waals surface area contributed by atoms with Gasteiger partial charge in [-0.3, -0.25) is 9.80 Å². The van der Waals surface area contributed by atoms with Gasteiger partial charge in [0.25, 0.3) is 0 Å².